The first-order chi connectivity index (χ1) is 5.57. The van der Waals surface area contributed by atoms with Crippen molar-refractivity contribution in [2.24, 2.45) is 0 Å². The molecule has 0 aliphatic carbocycles. The summed E-state index contributed by atoms with van der Waals surface area (Å²) in [6, 6.07) is 0. The number of aliphatic hydroxyl groups is 1. The monoisotopic (exact) mass is 173 g/mol. The van der Waals surface area contributed by atoms with Crippen molar-refractivity contribution >= 4 is 5.97 Å². The summed E-state index contributed by atoms with van der Waals surface area (Å²) in [7, 11) is 3.60. The van der Waals surface area contributed by atoms with Crippen LogP contribution >= 0.6 is 0 Å². The Morgan fingerprint density at radius 3 is 2.67 bits per heavy atom. The normalized spacial score (nSPS) is 13.0. The van der Waals surface area contributed by atoms with Gasteiger partial charge in [-0.15, -0.1) is 0 Å². The van der Waals surface area contributed by atoms with E-state index in [1.54, 1.807) is 32.1 Å². The van der Waals surface area contributed by atoms with Crippen LogP contribution in [0.3, 0.4) is 0 Å². The van der Waals surface area contributed by atoms with Crippen LogP contribution in [0.15, 0.2) is 12.3 Å². The molecule has 0 radical (unpaired) electrons. The Hall–Kier alpha value is -1.03. The number of rotatable bonds is 4. The maximum absolute atomic E-state index is 10.8. The zero-order chi connectivity index (χ0) is 9.56. The second kappa shape index (κ2) is 5.60. The van der Waals surface area contributed by atoms with Crippen LogP contribution in [0, 0.1) is 0 Å². The van der Waals surface area contributed by atoms with Crippen molar-refractivity contribution in [1.82, 2.24) is 4.90 Å². The van der Waals surface area contributed by atoms with Crippen molar-refractivity contribution in [3.05, 3.63) is 12.3 Å². The molecule has 0 saturated carbocycles. The third-order valence-electron chi connectivity index (χ3n) is 1.09. The lowest BCUT2D eigenvalue weighted by Gasteiger charge is -2.07. The molecule has 70 valence electrons. The van der Waals surface area contributed by atoms with Crippen LogP contribution in [0.2, 0.25) is 0 Å². The Labute approximate surface area is 72.4 Å². The zero-order valence-electron chi connectivity index (χ0n) is 7.65. The summed E-state index contributed by atoms with van der Waals surface area (Å²) in [5.74, 6) is -0.615. The van der Waals surface area contributed by atoms with Crippen molar-refractivity contribution < 1.29 is 14.6 Å². The Balaban J connectivity index is 3.86. The van der Waals surface area contributed by atoms with Gasteiger partial charge in [0.2, 0.25) is 0 Å². The first kappa shape index (κ1) is 11.0. The van der Waals surface area contributed by atoms with Crippen LogP contribution in [0.5, 0.6) is 0 Å². The lowest BCUT2D eigenvalue weighted by molar-refractivity contribution is -0.150. The smallest absolute Gasteiger partial charge is 0.339 e. The first-order valence-corrected chi connectivity index (χ1v) is 3.77. The average Bonchev–Trinajstić information content (AvgIpc) is 2.00. The largest absolute Gasteiger partial charge is 0.464 e. The Morgan fingerprint density at radius 2 is 2.25 bits per heavy atom. The molecule has 0 aliphatic rings. The molecule has 0 heterocycles. The molecule has 12 heavy (non-hydrogen) atoms. The van der Waals surface area contributed by atoms with E-state index in [0.29, 0.717) is 0 Å². The van der Waals surface area contributed by atoms with Gasteiger partial charge in [0.15, 0.2) is 6.10 Å². The third kappa shape index (κ3) is 4.73. The van der Waals surface area contributed by atoms with Gasteiger partial charge >= 0.3 is 5.97 Å². The highest BCUT2D eigenvalue weighted by molar-refractivity contribution is 5.76. The van der Waals surface area contributed by atoms with E-state index in [-0.39, 0.29) is 6.61 Å². The van der Waals surface area contributed by atoms with E-state index < -0.39 is 12.1 Å². The molecule has 1 unspecified atom stereocenters. The van der Waals surface area contributed by atoms with Crippen molar-refractivity contribution in [2.45, 2.75) is 13.0 Å². The van der Waals surface area contributed by atoms with Gasteiger partial charge in [-0.2, -0.15) is 0 Å². The summed E-state index contributed by atoms with van der Waals surface area (Å²) in [5.41, 5.74) is 0. The fourth-order valence-electron chi connectivity index (χ4n) is 0.560. The molecule has 4 heteroatoms. The molecule has 0 aromatic carbocycles. The van der Waals surface area contributed by atoms with Gasteiger partial charge < -0.3 is 14.7 Å². The van der Waals surface area contributed by atoms with Gasteiger partial charge in [0.25, 0.3) is 0 Å². The minimum atomic E-state index is -1.16. The van der Waals surface area contributed by atoms with Gasteiger partial charge in [-0.25, -0.2) is 4.79 Å². The van der Waals surface area contributed by atoms with E-state index in [0.717, 1.165) is 0 Å². The topological polar surface area (TPSA) is 49.8 Å². The van der Waals surface area contributed by atoms with E-state index in [2.05, 4.69) is 4.74 Å². The Morgan fingerprint density at radius 1 is 1.67 bits per heavy atom. The van der Waals surface area contributed by atoms with Gasteiger partial charge in [0.1, 0.15) is 0 Å². The van der Waals surface area contributed by atoms with Crippen molar-refractivity contribution in [3.8, 4) is 0 Å². The molecule has 1 atom stereocenters. The molecule has 0 aliphatic heterocycles. The fraction of sp³-hybridized carbons (Fsp3) is 0.625. The molecule has 0 fully saturated rings. The van der Waals surface area contributed by atoms with Crippen LogP contribution in [-0.2, 0) is 9.53 Å². The van der Waals surface area contributed by atoms with Crippen molar-refractivity contribution in [3.63, 3.8) is 0 Å². The highest BCUT2D eigenvalue weighted by Gasteiger charge is 2.11. The Bertz CT molecular complexity index is 166. The maximum atomic E-state index is 10.8. The fourth-order valence-corrected chi connectivity index (χ4v) is 0.560. The number of nitrogens with zero attached hydrogens (tertiary/aromatic N) is 1. The zero-order valence-corrected chi connectivity index (χ0v) is 7.65. The molecule has 1 N–H and O–H groups in total. The summed E-state index contributed by atoms with van der Waals surface area (Å²) in [5, 5.41) is 9.11. The van der Waals surface area contributed by atoms with Gasteiger partial charge in [0, 0.05) is 14.1 Å². The standard InChI is InChI=1S/C8H15NO3/c1-4-12-8(11)7(10)5-6-9(2)3/h5-7,10H,4H2,1-3H3/b6-5+. The van der Waals surface area contributed by atoms with Gasteiger partial charge in [-0.05, 0) is 19.2 Å². The van der Waals surface area contributed by atoms with E-state index in [1.165, 1.54) is 6.08 Å². The van der Waals surface area contributed by atoms with Crippen molar-refractivity contribution in [2.75, 3.05) is 20.7 Å². The molecular formula is C8H15NO3. The number of carbonyl (C=O) groups excluding carboxylic acids is 1. The van der Waals surface area contributed by atoms with Crippen LogP contribution in [0.1, 0.15) is 6.92 Å². The van der Waals surface area contributed by atoms with Crippen LogP contribution in [0.4, 0.5) is 0 Å². The summed E-state index contributed by atoms with van der Waals surface area (Å²) in [6.45, 7) is 1.98. The maximum Gasteiger partial charge on any atom is 0.339 e. The minimum Gasteiger partial charge on any atom is -0.464 e. The molecule has 0 aromatic rings. The molecule has 0 aromatic heterocycles. The summed E-state index contributed by atoms with van der Waals surface area (Å²) in [6.07, 6.45) is 1.81. The number of ether oxygens (including phenoxy) is 1. The third-order valence-corrected chi connectivity index (χ3v) is 1.09. The molecule has 0 amide bonds. The van der Waals surface area contributed by atoms with Gasteiger partial charge in [0.05, 0.1) is 6.61 Å². The minimum absolute atomic E-state index is 0.283. The SMILES string of the molecule is CCOC(=O)C(O)/C=C/N(C)C. The number of hydrogen-bond donors (Lipinski definition) is 1. The van der Waals surface area contributed by atoms with E-state index in [9.17, 15) is 4.79 Å². The molecule has 0 rings (SSSR count). The first-order valence-electron chi connectivity index (χ1n) is 3.77. The van der Waals surface area contributed by atoms with Crippen molar-refractivity contribution in [1.29, 1.82) is 0 Å². The van der Waals surface area contributed by atoms with E-state index >= 15 is 0 Å². The van der Waals surface area contributed by atoms with Crippen LogP contribution < -0.4 is 0 Å². The van der Waals surface area contributed by atoms with Crippen LogP contribution in [-0.4, -0.2) is 42.8 Å². The summed E-state index contributed by atoms with van der Waals surface area (Å²) in [4.78, 5) is 12.5. The predicted molar refractivity (Wildman–Crippen MR) is 45.5 cm³/mol. The Kier molecular flexibility index (Phi) is 5.12. The molecule has 0 saturated heterocycles. The quantitative estimate of drug-likeness (QED) is 0.607. The number of esters is 1. The van der Waals surface area contributed by atoms with E-state index in [1.807, 2.05) is 0 Å². The van der Waals surface area contributed by atoms with Gasteiger partial charge in [-0.3, -0.25) is 0 Å². The summed E-state index contributed by atoms with van der Waals surface area (Å²) >= 11 is 0. The highest BCUT2D eigenvalue weighted by Crippen LogP contribution is 1.91. The highest BCUT2D eigenvalue weighted by atomic mass is 16.5. The van der Waals surface area contributed by atoms with E-state index in [4.69, 9.17) is 5.11 Å². The summed E-state index contributed by atoms with van der Waals surface area (Å²) < 4.78 is 4.58. The second-order valence-corrected chi connectivity index (χ2v) is 2.50. The lowest BCUT2D eigenvalue weighted by Crippen LogP contribution is -2.21. The number of aliphatic hydroxyl groups excluding tert-OH is 1. The molecule has 0 spiro atoms. The predicted octanol–water partition coefficient (Wildman–Crippen LogP) is -0.0143. The molecule has 4 nitrogen and oxygen atoms in total. The van der Waals surface area contributed by atoms with Gasteiger partial charge in [-0.1, -0.05) is 0 Å². The second-order valence-electron chi connectivity index (χ2n) is 2.50. The van der Waals surface area contributed by atoms with Crippen LogP contribution in [0.25, 0.3) is 0 Å². The molecule has 0 bridgehead atoms. The number of hydrogen-bond acceptors (Lipinski definition) is 4. The lowest BCUT2D eigenvalue weighted by atomic mass is 10.3. The molecular weight excluding hydrogens is 158 g/mol. The number of carbonyl (C=O) groups is 1. The average molecular weight is 173 g/mol.